The maximum absolute atomic E-state index is 12.7. The molecule has 4 nitrogen and oxygen atoms in total. The molecule has 0 saturated heterocycles. The van der Waals surface area contributed by atoms with E-state index in [9.17, 15) is 9.59 Å². The topological polar surface area (TPSA) is 63.4 Å². The molecule has 112 valence electrons. The van der Waals surface area contributed by atoms with Crippen LogP contribution in [0, 0.1) is 13.8 Å². The predicted octanol–water partition coefficient (Wildman–Crippen LogP) is 2.83. The highest BCUT2D eigenvalue weighted by Crippen LogP contribution is 2.16. The Morgan fingerprint density at radius 3 is 1.55 bits per heavy atom. The van der Waals surface area contributed by atoms with Crippen molar-refractivity contribution in [2.45, 2.75) is 13.8 Å². The lowest BCUT2D eigenvalue weighted by molar-refractivity contribution is 0.0714. The summed E-state index contributed by atoms with van der Waals surface area (Å²) in [5.74, 6) is -1.03. The van der Waals surface area contributed by atoms with Gasteiger partial charge >= 0.3 is 0 Å². The molecule has 0 atom stereocenters. The average molecular weight is 312 g/mol. The molecule has 0 spiro atoms. The van der Waals surface area contributed by atoms with Crippen LogP contribution in [0.15, 0.2) is 48.5 Å². The minimum absolute atomic E-state index is 0.262. The summed E-state index contributed by atoms with van der Waals surface area (Å²) in [6.07, 6.45) is 0. The maximum Gasteiger partial charge on any atom is 0.267 e. The van der Waals surface area contributed by atoms with Gasteiger partial charge in [-0.2, -0.15) is 0 Å². The molecule has 0 saturated carbocycles. The molecule has 0 radical (unpaired) electrons. The SMILES string of the molecule is Cc1ccccc1C(=O)N(C(=O)c1ccccc1C)C(N)=S. The quantitative estimate of drug-likeness (QED) is 0.684. The van der Waals surface area contributed by atoms with E-state index in [0.29, 0.717) is 11.1 Å². The van der Waals surface area contributed by atoms with Crippen LogP contribution in [-0.2, 0) is 0 Å². The summed E-state index contributed by atoms with van der Waals surface area (Å²) in [5, 5.41) is -0.262. The highest BCUT2D eigenvalue weighted by atomic mass is 32.1. The van der Waals surface area contributed by atoms with Crippen LogP contribution in [0.1, 0.15) is 31.8 Å². The molecule has 0 bridgehead atoms. The Morgan fingerprint density at radius 2 is 1.23 bits per heavy atom. The van der Waals surface area contributed by atoms with Crippen molar-refractivity contribution in [1.82, 2.24) is 4.90 Å². The van der Waals surface area contributed by atoms with Crippen LogP contribution in [0.25, 0.3) is 0 Å². The minimum Gasteiger partial charge on any atom is -0.375 e. The zero-order valence-corrected chi connectivity index (χ0v) is 13.2. The van der Waals surface area contributed by atoms with Crippen LogP contribution in [0.2, 0.25) is 0 Å². The summed E-state index contributed by atoms with van der Waals surface area (Å²) in [6, 6.07) is 14.0. The van der Waals surface area contributed by atoms with Crippen molar-refractivity contribution in [3.05, 3.63) is 70.8 Å². The van der Waals surface area contributed by atoms with Crippen LogP contribution in [0.5, 0.6) is 0 Å². The zero-order valence-electron chi connectivity index (χ0n) is 12.4. The zero-order chi connectivity index (χ0) is 16.3. The molecule has 0 aliphatic heterocycles. The van der Waals surface area contributed by atoms with Crippen LogP contribution in [0.3, 0.4) is 0 Å². The van der Waals surface area contributed by atoms with Gasteiger partial charge in [-0.1, -0.05) is 36.4 Å². The predicted molar refractivity (Wildman–Crippen MR) is 89.6 cm³/mol. The monoisotopic (exact) mass is 312 g/mol. The molecule has 5 heteroatoms. The number of hydrogen-bond acceptors (Lipinski definition) is 3. The van der Waals surface area contributed by atoms with Gasteiger partial charge in [-0.05, 0) is 49.3 Å². The first-order valence-electron chi connectivity index (χ1n) is 6.73. The fourth-order valence-corrected chi connectivity index (χ4v) is 2.32. The van der Waals surface area contributed by atoms with Crippen molar-refractivity contribution >= 4 is 29.1 Å². The molecule has 2 aromatic carbocycles. The molecule has 22 heavy (non-hydrogen) atoms. The van der Waals surface area contributed by atoms with Crippen molar-refractivity contribution in [3.63, 3.8) is 0 Å². The number of rotatable bonds is 2. The molecule has 0 aliphatic carbocycles. The molecule has 0 unspecified atom stereocenters. The normalized spacial score (nSPS) is 10.1. The Bertz CT molecular complexity index is 698. The van der Waals surface area contributed by atoms with Crippen LogP contribution in [-0.4, -0.2) is 21.8 Å². The number of aryl methyl sites for hydroxylation is 2. The van der Waals surface area contributed by atoms with E-state index >= 15 is 0 Å². The smallest absolute Gasteiger partial charge is 0.267 e. The third-order valence-corrected chi connectivity index (χ3v) is 3.56. The van der Waals surface area contributed by atoms with Gasteiger partial charge in [0.25, 0.3) is 11.8 Å². The Labute approximate surface area is 134 Å². The second-order valence-electron chi connectivity index (χ2n) is 4.91. The average Bonchev–Trinajstić information content (AvgIpc) is 2.47. The summed E-state index contributed by atoms with van der Waals surface area (Å²) in [5.41, 5.74) is 7.94. The first-order chi connectivity index (χ1) is 10.4. The third kappa shape index (κ3) is 3.04. The molecule has 2 N–H and O–H groups in total. The van der Waals surface area contributed by atoms with E-state index in [2.05, 4.69) is 0 Å². The van der Waals surface area contributed by atoms with E-state index in [4.69, 9.17) is 18.0 Å². The van der Waals surface area contributed by atoms with Crippen LogP contribution in [0.4, 0.5) is 0 Å². The molecule has 2 rings (SSSR count). The molecular formula is C17H16N2O2S. The Kier molecular flexibility index (Phi) is 4.68. The fraction of sp³-hybridized carbons (Fsp3) is 0.118. The van der Waals surface area contributed by atoms with Gasteiger partial charge in [0.15, 0.2) is 5.11 Å². The number of nitrogens with two attached hydrogens (primary N) is 1. The molecule has 2 aromatic rings. The number of amides is 2. The molecule has 0 heterocycles. The number of thiocarbonyl (C=S) groups is 1. The molecule has 0 aliphatic rings. The van der Waals surface area contributed by atoms with Crippen LogP contribution >= 0.6 is 12.2 Å². The van der Waals surface area contributed by atoms with Crippen molar-refractivity contribution < 1.29 is 9.59 Å². The number of carbonyl (C=O) groups excluding carboxylic acids is 2. The van der Waals surface area contributed by atoms with E-state index in [1.165, 1.54) is 0 Å². The largest absolute Gasteiger partial charge is 0.375 e. The van der Waals surface area contributed by atoms with Gasteiger partial charge in [-0.25, -0.2) is 4.90 Å². The van der Waals surface area contributed by atoms with E-state index in [0.717, 1.165) is 16.0 Å². The van der Waals surface area contributed by atoms with Gasteiger partial charge in [0, 0.05) is 11.1 Å². The van der Waals surface area contributed by atoms with Gasteiger partial charge in [0.2, 0.25) is 0 Å². The van der Waals surface area contributed by atoms with Gasteiger partial charge in [-0.15, -0.1) is 0 Å². The highest BCUT2D eigenvalue weighted by Gasteiger charge is 2.28. The number of carbonyl (C=O) groups is 2. The van der Waals surface area contributed by atoms with Crippen molar-refractivity contribution in [1.29, 1.82) is 0 Å². The summed E-state index contributed by atoms with van der Waals surface area (Å²) in [6.45, 7) is 3.59. The number of imide groups is 1. The van der Waals surface area contributed by atoms with E-state index in [-0.39, 0.29) is 5.11 Å². The Morgan fingerprint density at radius 1 is 0.864 bits per heavy atom. The fourth-order valence-electron chi connectivity index (χ4n) is 2.16. The molecular weight excluding hydrogens is 296 g/mol. The lowest BCUT2D eigenvalue weighted by Crippen LogP contribution is -2.45. The number of benzene rings is 2. The van der Waals surface area contributed by atoms with Gasteiger partial charge in [-0.3, -0.25) is 9.59 Å². The van der Waals surface area contributed by atoms with E-state index in [1.54, 1.807) is 50.2 Å². The second kappa shape index (κ2) is 6.49. The van der Waals surface area contributed by atoms with Gasteiger partial charge < -0.3 is 5.73 Å². The molecule has 0 fully saturated rings. The summed E-state index contributed by atoms with van der Waals surface area (Å²) in [7, 11) is 0. The van der Waals surface area contributed by atoms with Gasteiger partial charge in [0.1, 0.15) is 0 Å². The van der Waals surface area contributed by atoms with E-state index < -0.39 is 11.8 Å². The van der Waals surface area contributed by atoms with Crippen molar-refractivity contribution in [3.8, 4) is 0 Å². The molecule has 0 aromatic heterocycles. The summed E-state index contributed by atoms with van der Waals surface area (Å²) < 4.78 is 0. The highest BCUT2D eigenvalue weighted by molar-refractivity contribution is 7.80. The minimum atomic E-state index is -0.515. The summed E-state index contributed by atoms with van der Waals surface area (Å²) >= 11 is 4.92. The lowest BCUT2D eigenvalue weighted by Gasteiger charge is -2.20. The van der Waals surface area contributed by atoms with Crippen LogP contribution < -0.4 is 5.73 Å². The standard InChI is InChI=1S/C17H16N2O2S/c1-11-7-3-5-9-13(11)15(20)19(17(18)22)16(21)14-10-6-4-8-12(14)2/h3-10H,1-2H3,(H2,18,22). The Balaban J connectivity index is 2.46. The van der Waals surface area contributed by atoms with Crippen molar-refractivity contribution in [2.24, 2.45) is 5.73 Å². The first-order valence-corrected chi connectivity index (χ1v) is 7.13. The Hall–Kier alpha value is -2.53. The van der Waals surface area contributed by atoms with E-state index in [1.807, 2.05) is 12.1 Å². The second-order valence-corrected chi connectivity index (χ2v) is 5.33. The third-order valence-electron chi connectivity index (χ3n) is 3.38. The summed E-state index contributed by atoms with van der Waals surface area (Å²) in [4.78, 5) is 26.2. The number of hydrogen-bond donors (Lipinski definition) is 1. The molecule has 2 amide bonds. The number of nitrogens with zero attached hydrogens (tertiary/aromatic N) is 1. The maximum atomic E-state index is 12.7. The lowest BCUT2D eigenvalue weighted by atomic mass is 10.1. The first kappa shape index (κ1) is 15.9. The van der Waals surface area contributed by atoms with Crippen molar-refractivity contribution in [2.75, 3.05) is 0 Å². The van der Waals surface area contributed by atoms with Gasteiger partial charge in [0.05, 0.1) is 0 Å².